The van der Waals surface area contributed by atoms with Crippen LogP contribution in [0.3, 0.4) is 0 Å². The van der Waals surface area contributed by atoms with Gasteiger partial charge < -0.3 is 9.79 Å². The van der Waals surface area contributed by atoms with Crippen molar-refractivity contribution < 1.29 is 18.9 Å². The van der Waals surface area contributed by atoms with Gasteiger partial charge in [0.05, 0.1) is 6.61 Å². The zero-order chi connectivity index (χ0) is 24.9. The maximum atomic E-state index is 10.4. The van der Waals surface area contributed by atoms with Gasteiger partial charge in [-0.3, -0.25) is 4.52 Å². The first-order valence-corrected chi connectivity index (χ1v) is 16.2. The van der Waals surface area contributed by atoms with Crippen LogP contribution < -0.4 is 0 Å². The lowest BCUT2D eigenvalue weighted by Crippen LogP contribution is -1.92. The predicted octanol–water partition coefficient (Wildman–Crippen LogP) is 10.5. The molecule has 0 amide bonds. The number of hydrogen-bond donors (Lipinski definition) is 2. The van der Waals surface area contributed by atoms with Gasteiger partial charge >= 0.3 is 7.82 Å². The van der Waals surface area contributed by atoms with Crippen LogP contribution >= 0.6 is 7.82 Å². The van der Waals surface area contributed by atoms with Crippen molar-refractivity contribution in [2.24, 2.45) is 0 Å². The van der Waals surface area contributed by atoms with Crippen molar-refractivity contribution in [2.75, 3.05) is 6.61 Å². The highest BCUT2D eigenvalue weighted by atomic mass is 31.2. The lowest BCUT2D eigenvalue weighted by Gasteiger charge is -2.05. The van der Waals surface area contributed by atoms with E-state index in [1.54, 1.807) is 0 Å². The molecule has 0 aromatic carbocycles. The molecule has 0 aliphatic rings. The van der Waals surface area contributed by atoms with Crippen LogP contribution in [0.1, 0.15) is 175 Å². The lowest BCUT2D eigenvalue weighted by molar-refractivity contribution is 0.193. The molecule has 0 spiro atoms. The zero-order valence-electron chi connectivity index (χ0n) is 22.8. The molecule has 202 valence electrons. The Morgan fingerprint density at radius 2 is 0.636 bits per heavy atom. The van der Waals surface area contributed by atoms with E-state index in [4.69, 9.17) is 9.79 Å². The Labute approximate surface area is 208 Å². The molecular weight excluding hydrogens is 431 g/mol. The second kappa shape index (κ2) is 30.1. The van der Waals surface area contributed by atoms with Crippen LogP contribution in [0.4, 0.5) is 0 Å². The van der Waals surface area contributed by atoms with Crippen LogP contribution in [-0.4, -0.2) is 16.4 Å². The van der Waals surface area contributed by atoms with Gasteiger partial charge in [-0.05, 0) is 6.42 Å². The molecule has 4 nitrogen and oxygen atoms in total. The maximum absolute atomic E-state index is 10.4. The van der Waals surface area contributed by atoms with Crippen LogP contribution in [0.25, 0.3) is 0 Å². The van der Waals surface area contributed by atoms with Crippen molar-refractivity contribution >= 4 is 7.82 Å². The average molecular weight is 493 g/mol. The van der Waals surface area contributed by atoms with Crippen molar-refractivity contribution in [2.45, 2.75) is 175 Å². The SMILES string of the molecule is CCCCCCCCCCCCCCC.CCCCCCCCCCCCCOP(=O)(O)O. The quantitative estimate of drug-likeness (QED) is 0.0982. The minimum Gasteiger partial charge on any atom is -0.303 e. The Hall–Kier alpha value is 0.110. The summed E-state index contributed by atoms with van der Waals surface area (Å²) >= 11 is 0. The minimum atomic E-state index is -4.25. The standard InChI is InChI=1S/C15H32.C13H29O4P/c1-3-5-7-9-11-13-15-14-12-10-8-6-4-2;1-2-3-4-5-6-7-8-9-10-11-12-13-17-18(14,15)16/h3-15H2,1-2H3;2-13H2,1H3,(H2,14,15,16). The first-order valence-electron chi connectivity index (χ1n) is 14.7. The highest BCUT2D eigenvalue weighted by Gasteiger charge is 2.12. The van der Waals surface area contributed by atoms with E-state index in [9.17, 15) is 4.57 Å². The largest absolute Gasteiger partial charge is 0.469 e. The molecule has 2 N–H and O–H groups in total. The Morgan fingerprint density at radius 3 is 0.848 bits per heavy atom. The van der Waals surface area contributed by atoms with Crippen LogP contribution in [-0.2, 0) is 9.09 Å². The number of unbranched alkanes of at least 4 members (excludes halogenated alkanes) is 22. The number of hydrogen-bond acceptors (Lipinski definition) is 2. The molecule has 0 aliphatic heterocycles. The van der Waals surface area contributed by atoms with E-state index < -0.39 is 7.82 Å². The van der Waals surface area contributed by atoms with Gasteiger partial charge in [0, 0.05) is 0 Å². The van der Waals surface area contributed by atoms with Gasteiger partial charge in [0.25, 0.3) is 0 Å². The van der Waals surface area contributed by atoms with E-state index in [0.29, 0.717) is 0 Å². The summed E-state index contributed by atoms with van der Waals surface area (Å²) in [6, 6.07) is 0. The topological polar surface area (TPSA) is 66.8 Å². The van der Waals surface area contributed by atoms with Gasteiger partial charge in [-0.25, -0.2) is 4.57 Å². The van der Waals surface area contributed by atoms with Gasteiger partial charge in [-0.2, -0.15) is 0 Å². The number of phosphoric acid groups is 1. The van der Waals surface area contributed by atoms with E-state index in [0.717, 1.165) is 19.3 Å². The van der Waals surface area contributed by atoms with Crippen molar-refractivity contribution in [3.63, 3.8) is 0 Å². The molecule has 0 atom stereocenters. The summed E-state index contributed by atoms with van der Waals surface area (Å²) in [5.74, 6) is 0. The van der Waals surface area contributed by atoms with Crippen molar-refractivity contribution in [1.29, 1.82) is 0 Å². The summed E-state index contributed by atoms with van der Waals surface area (Å²) in [5.41, 5.74) is 0. The highest BCUT2D eigenvalue weighted by molar-refractivity contribution is 7.46. The summed E-state index contributed by atoms with van der Waals surface area (Å²) in [6.45, 7) is 6.98. The Bertz CT molecular complexity index is 372. The molecule has 0 fully saturated rings. The van der Waals surface area contributed by atoms with E-state index in [-0.39, 0.29) is 6.61 Å². The van der Waals surface area contributed by atoms with E-state index in [2.05, 4.69) is 25.3 Å². The van der Waals surface area contributed by atoms with Gasteiger partial charge in [0.2, 0.25) is 0 Å². The fraction of sp³-hybridized carbons (Fsp3) is 1.00. The number of rotatable bonds is 25. The molecule has 33 heavy (non-hydrogen) atoms. The molecular formula is C28H61O4P. The Morgan fingerprint density at radius 1 is 0.424 bits per heavy atom. The predicted molar refractivity (Wildman–Crippen MR) is 146 cm³/mol. The summed E-state index contributed by atoms with van der Waals surface area (Å²) in [6.07, 6.45) is 32.4. The van der Waals surface area contributed by atoms with Crippen LogP contribution in [0.15, 0.2) is 0 Å². The fourth-order valence-electron chi connectivity index (χ4n) is 4.04. The number of phosphoric ester groups is 1. The second-order valence-corrected chi connectivity index (χ2v) is 11.0. The van der Waals surface area contributed by atoms with Gasteiger partial charge in [-0.1, -0.05) is 168 Å². The van der Waals surface area contributed by atoms with Crippen LogP contribution in [0.2, 0.25) is 0 Å². The third kappa shape index (κ3) is 39.6. The fourth-order valence-corrected chi connectivity index (χ4v) is 4.41. The minimum absolute atomic E-state index is 0.168. The highest BCUT2D eigenvalue weighted by Crippen LogP contribution is 2.35. The monoisotopic (exact) mass is 492 g/mol. The summed E-state index contributed by atoms with van der Waals surface area (Å²) in [7, 11) is -4.25. The maximum Gasteiger partial charge on any atom is 0.469 e. The molecule has 0 aromatic rings. The van der Waals surface area contributed by atoms with E-state index >= 15 is 0 Å². The molecule has 5 heteroatoms. The van der Waals surface area contributed by atoms with Crippen LogP contribution in [0, 0.1) is 0 Å². The first-order chi connectivity index (χ1) is 16.0. The molecule has 0 saturated heterocycles. The molecule has 0 aliphatic carbocycles. The van der Waals surface area contributed by atoms with Crippen LogP contribution in [0.5, 0.6) is 0 Å². The second-order valence-electron chi connectivity index (χ2n) is 9.75. The Balaban J connectivity index is 0. The summed E-state index contributed by atoms with van der Waals surface area (Å²) in [4.78, 5) is 16.9. The molecule has 0 bridgehead atoms. The molecule has 0 saturated carbocycles. The van der Waals surface area contributed by atoms with Crippen molar-refractivity contribution in [3.05, 3.63) is 0 Å². The van der Waals surface area contributed by atoms with Gasteiger partial charge in [0.15, 0.2) is 0 Å². The Kier molecular flexibility index (Phi) is 32.2. The molecule has 0 heterocycles. The van der Waals surface area contributed by atoms with Gasteiger partial charge in [-0.15, -0.1) is 0 Å². The molecule has 0 radical (unpaired) electrons. The zero-order valence-corrected chi connectivity index (χ0v) is 23.7. The first kappa shape index (κ1) is 35.3. The molecule has 0 unspecified atom stereocenters. The smallest absolute Gasteiger partial charge is 0.303 e. The van der Waals surface area contributed by atoms with E-state index in [1.165, 1.54) is 135 Å². The van der Waals surface area contributed by atoms with E-state index in [1.807, 2.05) is 0 Å². The van der Waals surface area contributed by atoms with Gasteiger partial charge in [0.1, 0.15) is 0 Å². The normalized spacial score (nSPS) is 11.4. The molecule has 0 aromatic heterocycles. The van der Waals surface area contributed by atoms with Crippen molar-refractivity contribution in [1.82, 2.24) is 0 Å². The third-order valence-corrected chi connectivity index (χ3v) is 6.73. The average Bonchev–Trinajstić information content (AvgIpc) is 2.78. The lowest BCUT2D eigenvalue weighted by atomic mass is 10.1. The van der Waals surface area contributed by atoms with Crippen molar-refractivity contribution in [3.8, 4) is 0 Å². The third-order valence-electron chi connectivity index (χ3n) is 6.21. The summed E-state index contributed by atoms with van der Waals surface area (Å²) in [5, 5.41) is 0. The molecule has 0 rings (SSSR count). The summed E-state index contributed by atoms with van der Waals surface area (Å²) < 4.78 is 14.8.